The summed E-state index contributed by atoms with van der Waals surface area (Å²) in [5.74, 6) is 1.76. The van der Waals surface area contributed by atoms with Gasteiger partial charge in [0, 0.05) is 37.3 Å². The first kappa shape index (κ1) is 24.4. The minimum atomic E-state index is 0.0493. The Morgan fingerprint density at radius 3 is 2.53 bits per heavy atom. The first-order chi connectivity index (χ1) is 17.6. The number of nitrogens with zero attached hydrogens (tertiary/aromatic N) is 6. The van der Waals surface area contributed by atoms with E-state index in [4.69, 9.17) is 14.7 Å². The van der Waals surface area contributed by atoms with Crippen LogP contribution < -0.4 is 4.74 Å². The predicted octanol–water partition coefficient (Wildman–Crippen LogP) is 4.12. The van der Waals surface area contributed by atoms with Crippen molar-refractivity contribution in [3.05, 3.63) is 53.0 Å². The molecule has 0 radical (unpaired) electrons. The number of carbonyl (C=O) groups is 1. The average Bonchev–Trinajstić information content (AvgIpc) is 3.67. The van der Waals surface area contributed by atoms with Crippen molar-refractivity contribution in [3.63, 3.8) is 0 Å². The molecule has 36 heavy (non-hydrogen) atoms. The largest absolute Gasteiger partial charge is 0.497 e. The highest BCUT2D eigenvalue weighted by atomic mass is 16.5. The Morgan fingerprint density at radius 2 is 1.83 bits per heavy atom. The van der Waals surface area contributed by atoms with Gasteiger partial charge >= 0.3 is 0 Å². The number of carbonyl (C=O) groups excluding carboxylic acids is 1. The molecule has 2 heterocycles. The van der Waals surface area contributed by atoms with Crippen LogP contribution in [-0.4, -0.2) is 75.3 Å². The van der Waals surface area contributed by atoms with E-state index >= 15 is 0 Å². The average molecular weight is 489 g/mol. The molecule has 3 aromatic rings. The minimum Gasteiger partial charge on any atom is -0.497 e. The number of rotatable bonds is 10. The summed E-state index contributed by atoms with van der Waals surface area (Å²) < 4.78 is 7.23. The van der Waals surface area contributed by atoms with E-state index in [1.54, 1.807) is 18.0 Å². The summed E-state index contributed by atoms with van der Waals surface area (Å²) in [7, 11) is 1.69. The van der Waals surface area contributed by atoms with Crippen LogP contribution in [0, 0.1) is 0 Å². The van der Waals surface area contributed by atoms with Crippen LogP contribution in [0.3, 0.4) is 0 Å². The lowest BCUT2D eigenvalue weighted by molar-refractivity contribution is 0.0745. The Balaban J connectivity index is 1.47. The molecule has 190 valence electrons. The zero-order valence-electron chi connectivity index (χ0n) is 21.8. The number of benzene rings is 1. The summed E-state index contributed by atoms with van der Waals surface area (Å²) in [5, 5.41) is 4.66. The first-order valence-electron chi connectivity index (χ1n) is 13.2. The van der Waals surface area contributed by atoms with Gasteiger partial charge in [0.1, 0.15) is 5.75 Å². The van der Waals surface area contributed by atoms with Gasteiger partial charge in [0.05, 0.1) is 30.3 Å². The van der Waals surface area contributed by atoms with Crippen molar-refractivity contribution >= 4 is 5.91 Å². The van der Waals surface area contributed by atoms with Crippen molar-refractivity contribution in [2.45, 2.75) is 52.4 Å². The summed E-state index contributed by atoms with van der Waals surface area (Å²) in [6.07, 6.45) is 7.60. The van der Waals surface area contributed by atoms with Crippen LogP contribution in [0.2, 0.25) is 0 Å². The Morgan fingerprint density at radius 1 is 1.06 bits per heavy atom. The number of ether oxygens (including phenoxy) is 1. The van der Waals surface area contributed by atoms with Crippen molar-refractivity contribution in [3.8, 4) is 23.0 Å². The third-order valence-electron chi connectivity index (χ3n) is 7.52. The molecule has 0 bridgehead atoms. The molecule has 2 aliphatic carbocycles. The van der Waals surface area contributed by atoms with Gasteiger partial charge in [0.15, 0.2) is 0 Å². The molecule has 1 aromatic carbocycles. The summed E-state index contributed by atoms with van der Waals surface area (Å²) >= 11 is 0. The monoisotopic (exact) mass is 488 g/mol. The molecule has 5 rings (SSSR count). The van der Waals surface area contributed by atoms with Gasteiger partial charge in [0.2, 0.25) is 0 Å². The van der Waals surface area contributed by atoms with Crippen LogP contribution >= 0.6 is 0 Å². The zero-order valence-corrected chi connectivity index (χ0v) is 21.8. The van der Waals surface area contributed by atoms with Crippen molar-refractivity contribution in [1.29, 1.82) is 0 Å². The fourth-order valence-corrected chi connectivity index (χ4v) is 5.13. The van der Waals surface area contributed by atoms with Crippen molar-refractivity contribution < 1.29 is 9.53 Å². The van der Waals surface area contributed by atoms with Crippen LogP contribution in [0.5, 0.6) is 5.75 Å². The second-order valence-corrected chi connectivity index (χ2v) is 9.61. The number of hydrogen-bond acceptors (Lipinski definition) is 6. The molecule has 0 aliphatic heterocycles. The van der Waals surface area contributed by atoms with Crippen molar-refractivity contribution in [2.24, 2.45) is 0 Å². The number of amides is 1. The van der Waals surface area contributed by atoms with E-state index in [9.17, 15) is 4.79 Å². The molecule has 1 fully saturated rings. The van der Waals surface area contributed by atoms with Gasteiger partial charge in [-0.1, -0.05) is 13.8 Å². The Kier molecular flexibility index (Phi) is 7.05. The zero-order chi connectivity index (χ0) is 25.2. The van der Waals surface area contributed by atoms with E-state index in [-0.39, 0.29) is 5.91 Å². The van der Waals surface area contributed by atoms with Crippen molar-refractivity contribution in [1.82, 2.24) is 29.5 Å². The van der Waals surface area contributed by atoms with Gasteiger partial charge in [-0.2, -0.15) is 5.10 Å². The van der Waals surface area contributed by atoms with Crippen LogP contribution in [0.4, 0.5) is 0 Å². The van der Waals surface area contributed by atoms with Gasteiger partial charge in [-0.3, -0.25) is 4.79 Å². The van der Waals surface area contributed by atoms with Crippen LogP contribution in [0.15, 0.2) is 30.6 Å². The normalized spacial score (nSPS) is 14.5. The highest BCUT2D eigenvalue weighted by molar-refractivity contribution is 5.95. The van der Waals surface area contributed by atoms with Gasteiger partial charge < -0.3 is 14.5 Å². The number of hydrogen-bond donors (Lipinski definition) is 0. The molecule has 0 atom stereocenters. The highest BCUT2D eigenvalue weighted by Gasteiger charge is 2.35. The smallest absolute Gasteiger partial charge is 0.257 e. The standard InChI is InChI=1S/C28H36N6O2/c1-5-32(6-2)14-15-33(7-3)27(35)24-18-30-34(26(24)19-8-9-19)28-29-17-21-11-10-20-16-22(36-4)12-13-23(20)25(21)31-28/h12-13,16-19H,5-11,14-15H2,1-4H3. The molecule has 0 spiro atoms. The lowest BCUT2D eigenvalue weighted by Crippen LogP contribution is -2.38. The third-order valence-corrected chi connectivity index (χ3v) is 7.52. The molecule has 0 N–H and O–H groups in total. The van der Waals surface area contributed by atoms with Gasteiger partial charge in [0.25, 0.3) is 11.9 Å². The fraction of sp³-hybridized carbons (Fsp3) is 0.500. The van der Waals surface area contributed by atoms with E-state index in [1.165, 1.54) is 5.56 Å². The number of likely N-dealkylation sites (N-methyl/N-ethyl adjacent to an activating group) is 2. The lowest BCUT2D eigenvalue weighted by atomic mass is 9.90. The molecule has 2 aliphatic rings. The van der Waals surface area contributed by atoms with Gasteiger partial charge in [-0.05, 0) is 75.0 Å². The van der Waals surface area contributed by atoms with Gasteiger partial charge in [-0.15, -0.1) is 0 Å². The second kappa shape index (κ2) is 10.4. The van der Waals surface area contributed by atoms with E-state index < -0.39 is 0 Å². The number of aryl methyl sites for hydroxylation is 2. The third kappa shape index (κ3) is 4.62. The maximum absolute atomic E-state index is 13.6. The molecule has 0 unspecified atom stereocenters. The topological polar surface area (TPSA) is 76.4 Å². The summed E-state index contributed by atoms with van der Waals surface area (Å²) in [4.78, 5) is 27.6. The summed E-state index contributed by atoms with van der Waals surface area (Å²) in [6, 6.07) is 6.16. The Bertz CT molecular complexity index is 1240. The Hall–Kier alpha value is -3.26. The van der Waals surface area contributed by atoms with Crippen LogP contribution in [0.1, 0.15) is 66.7 Å². The number of aromatic nitrogens is 4. The van der Waals surface area contributed by atoms with Crippen molar-refractivity contribution in [2.75, 3.05) is 39.8 Å². The molecule has 2 aromatic heterocycles. The second-order valence-electron chi connectivity index (χ2n) is 9.61. The molecule has 1 saturated carbocycles. The molecule has 8 nitrogen and oxygen atoms in total. The lowest BCUT2D eigenvalue weighted by Gasteiger charge is -2.25. The van der Waals surface area contributed by atoms with E-state index in [1.807, 2.05) is 24.1 Å². The molecule has 8 heteroatoms. The minimum absolute atomic E-state index is 0.0493. The first-order valence-corrected chi connectivity index (χ1v) is 13.2. The van der Waals surface area contributed by atoms with E-state index in [2.05, 4.69) is 36.0 Å². The maximum atomic E-state index is 13.6. The number of methoxy groups -OCH3 is 1. The summed E-state index contributed by atoms with van der Waals surface area (Å²) in [5.41, 5.74) is 6.07. The van der Waals surface area contributed by atoms with Crippen LogP contribution in [0.25, 0.3) is 17.2 Å². The maximum Gasteiger partial charge on any atom is 0.257 e. The van der Waals surface area contributed by atoms with E-state index in [0.29, 0.717) is 30.5 Å². The van der Waals surface area contributed by atoms with Gasteiger partial charge in [-0.25, -0.2) is 14.6 Å². The highest BCUT2D eigenvalue weighted by Crippen LogP contribution is 2.43. The molecule has 1 amide bonds. The quantitative estimate of drug-likeness (QED) is 0.427. The van der Waals surface area contributed by atoms with E-state index in [0.717, 1.165) is 73.6 Å². The SMILES string of the molecule is CCN(CC)CCN(CC)C(=O)c1cnn(-c2ncc3c(n2)-c2ccc(OC)cc2CC3)c1C1CC1. The fourth-order valence-electron chi connectivity index (χ4n) is 5.13. The molecular formula is C28H36N6O2. The Labute approximate surface area is 213 Å². The summed E-state index contributed by atoms with van der Waals surface area (Å²) in [6.45, 7) is 10.6. The number of fused-ring (bicyclic) bond motifs is 3. The van der Waals surface area contributed by atoms with Crippen LogP contribution in [-0.2, 0) is 12.8 Å². The predicted molar refractivity (Wildman–Crippen MR) is 140 cm³/mol. The molecule has 0 saturated heterocycles. The molecular weight excluding hydrogens is 452 g/mol.